The number of hydrogen-bond donors (Lipinski definition) is 2. The molecule has 1 aliphatic heterocycles. The zero-order chi connectivity index (χ0) is 40.5. The average Bonchev–Trinajstić information content (AvgIpc) is 3.45. The third-order valence-electron chi connectivity index (χ3n) is 11.4. The Morgan fingerprint density at radius 1 is 0.618 bits per heavy atom. The van der Waals surface area contributed by atoms with Gasteiger partial charge >= 0.3 is 315 Å². The molecular formula is C48H61MnN2O4+. The first kappa shape index (κ1) is 42.0. The first-order chi connectivity index (χ1) is 25.6. The van der Waals surface area contributed by atoms with E-state index in [-0.39, 0.29) is 21.7 Å². The van der Waals surface area contributed by atoms with E-state index >= 15 is 0 Å². The van der Waals surface area contributed by atoms with Gasteiger partial charge in [0.1, 0.15) is 0 Å². The van der Waals surface area contributed by atoms with Crippen LogP contribution in [0.25, 0.3) is 0 Å². The molecule has 0 radical (unpaired) electrons. The summed E-state index contributed by atoms with van der Waals surface area (Å²) < 4.78 is 4.98. The number of aliphatic carboxylic acids is 1. The number of benzene rings is 4. The minimum absolute atomic E-state index is 0.0839. The normalized spacial score (nSPS) is 19.2. The van der Waals surface area contributed by atoms with Gasteiger partial charge in [-0.3, -0.25) is 0 Å². The summed E-state index contributed by atoms with van der Waals surface area (Å²) in [5, 5.41) is 33.0. The Morgan fingerprint density at radius 2 is 0.945 bits per heavy atom. The van der Waals surface area contributed by atoms with Crippen molar-refractivity contribution in [3.05, 3.63) is 129 Å². The molecule has 7 heteroatoms. The Balaban J connectivity index is 0.00000138. The van der Waals surface area contributed by atoms with Crippen molar-refractivity contribution in [2.24, 2.45) is 0 Å². The Hall–Kier alpha value is -4.19. The van der Waals surface area contributed by atoms with Gasteiger partial charge in [0.05, 0.1) is 0 Å². The number of fused-ring (bicyclic) bond motifs is 1. The van der Waals surface area contributed by atoms with E-state index in [2.05, 4.69) is 162 Å². The number of aromatic hydroxyl groups is 2. The van der Waals surface area contributed by atoms with Crippen LogP contribution in [0.3, 0.4) is 0 Å². The molecule has 4 aromatic rings. The van der Waals surface area contributed by atoms with E-state index in [4.69, 9.17) is 9.90 Å². The summed E-state index contributed by atoms with van der Waals surface area (Å²) in [6, 6.07) is 30.6. The van der Waals surface area contributed by atoms with Crippen LogP contribution >= 0.6 is 0 Å². The van der Waals surface area contributed by atoms with Crippen LogP contribution in [0, 0.1) is 0 Å². The van der Waals surface area contributed by atoms with Crippen LogP contribution in [-0.2, 0) is 41.8 Å². The molecule has 2 atom stereocenters. The van der Waals surface area contributed by atoms with Crippen LogP contribution in [0.4, 0.5) is 0 Å². The topological polar surface area (TPSA) is 86.6 Å². The molecule has 1 aliphatic carbocycles. The maximum atomic E-state index is 12.1. The van der Waals surface area contributed by atoms with E-state index < -0.39 is 5.97 Å². The molecule has 6 rings (SSSR count). The molecule has 2 fully saturated rings. The van der Waals surface area contributed by atoms with Gasteiger partial charge in [0.25, 0.3) is 0 Å². The molecule has 0 aromatic heterocycles. The van der Waals surface area contributed by atoms with Gasteiger partial charge in [0.15, 0.2) is 0 Å². The fourth-order valence-electron chi connectivity index (χ4n) is 7.73. The first-order valence-corrected chi connectivity index (χ1v) is 20.6. The monoisotopic (exact) mass is 784 g/mol. The second-order valence-corrected chi connectivity index (χ2v) is 19.8. The van der Waals surface area contributed by atoms with Gasteiger partial charge < -0.3 is 9.90 Å². The molecule has 6 nitrogen and oxygen atoms in total. The van der Waals surface area contributed by atoms with E-state index in [1.54, 1.807) is 0 Å². The van der Waals surface area contributed by atoms with Gasteiger partial charge in [-0.15, -0.1) is 0 Å². The molecule has 2 N–H and O–H groups in total. The van der Waals surface area contributed by atoms with Crippen LogP contribution in [0.5, 0.6) is 11.5 Å². The number of phenolic OH excluding ortho intramolecular Hbond substituents is 2. The maximum absolute atomic E-state index is 12.1. The number of carbonyl (C=O) groups is 1. The summed E-state index contributed by atoms with van der Waals surface area (Å²) in [5.41, 5.74) is 7.54. The Labute approximate surface area is 336 Å². The average molecular weight is 785 g/mol. The summed E-state index contributed by atoms with van der Waals surface area (Å²) in [4.78, 5) is 8.89. The van der Waals surface area contributed by atoms with E-state index in [1.165, 1.54) is 35.1 Å². The van der Waals surface area contributed by atoms with Crippen molar-refractivity contribution in [3.63, 3.8) is 0 Å². The molecule has 0 bridgehead atoms. The minimum atomic E-state index is -1.08. The van der Waals surface area contributed by atoms with Crippen molar-refractivity contribution in [3.8, 4) is 11.5 Å². The van der Waals surface area contributed by atoms with Gasteiger partial charge in [-0.1, -0.05) is 0 Å². The number of nitrogens with zero attached hydrogens (tertiary/aromatic N) is 2. The summed E-state index contributed by atoms with van der Waals surface area (Å²) in [6.45, 7) is 23.3. The fraction of sp³-hybridized carbons (Fsp3) is 0.438. The molecule has 1 heterocycles. The van der Waals surface area contributed by atoms with Crippen LogP contribution in [0.2, 0.25) is 0 Å². The number of hydrogen-bond acceptors (Lipinski definition) is 4. The number of carbonyl (C=O) groups excluding carboxylic acids is 1. The molecule has 0 amide bonds. The van der Waals surface area contributed by atoms with Crippen molar-refractivity contribution < 1.29 is 42.7 Å². The predicted molar refractivity (Wildman–Crippen MR) is 218 cm³/mol. The van der Waals surface area contributed by atoms with Crippen molar-refractivity contribution in [1.82, 2.24) is 0 Å². The van der Waals surface area contributed by atoms with Crippen molar-refractivity contribution in [1.29, 1.82) is 0 Å². The van der Waals surface area contributed by atoms with Gasteiger partial charge in [0, 0.05) is 5.97 Å². The molecule has 1 saturated carbocycles. The van der Waals surface area contributed by atoms with Crippen molar-refractivity contribution in [2.75, 3.05) is 0 Å². The van der Waals surface area contributed by atoms with Gasteiger partial charge in [-0.2, -0.15) is 0 Å². The zero-order valence-electron chi connectivity index (χ0n) is 34.7. The van der Waals surface area contributed by atoms with Crippen molar-refractivity contribution >= 4 is 18.4 Å². The molecule has 0 unspecified atom stereocenters. The molecule has 0 spiro atoms. The summed E-state index contributed by atoms with van der Waals surface area (Å²) >= 11 is 0.320. The Morgan fingerprint density at radius 3 is 1.25 bits per heavy atom. The standard InChI is InChI=1S/C46H58N2O2.C2H4O2.Mn/c1-43(2,3)35-25-31(41(49)37(27-35)45(7,8)33-19-13-11-14-20-33)29-47-39-23-17-18-24-40(39)48-30-32-26-36(44(4,5)6)28-38(42(32)50)46(9,10)34-21-15-12-16-22-34;1-2(3)4;/h11-16,19-22,25-30,39-40,49-50H,17-18,23-24H2,1-10H3;1H3,(H,3,4);/q;;+2/p-1/t39-,40-;;/m1../s1. The summed E-state index contributed by atoms with van der Waals surface area (Å²) in [7, 11) is 0. The third-order valence-corrected chi connectivity index (χ3v) is 13.0. The molecule has 2 aliphatic rings. The molecule has 4 aromatic carbocycles. The van der Waals surface area contributed by atoms with Crippen molar-refractivity contribution in [2.45, 2.75) is 136 Å². The van der Waals surface area contributed by atoms with E-state index in [0.717, 1.165) is 42.0 Å². The number of phenols is 2. The first-order valence-electron chi connectivity index (χ1n) is 19.6. The fourth-order valence-corrected chi connectivity index (χ4v) is 9.57. The number of carboxylic acids is 1. The Kier molecular flexibility index (Phi) is 12.3. The summed E-state index contributed by atoms with van der Waals surface area (Å²) in [5.74, 6) is -0.360. The SMILES string of the molecule is CC(=O)[O-].CC(C)(C)c1cc(C=[N+]2[Mn][N+](=Cc3cc(C(C)(C)C)cc(C(C)(C)c4ccccc4)c3O)[C@@H]3CCCC[C@H]32)c(O)c(C(C)(C)c2ccccc2)c1. The third kappa shape index (κ3) is 9.27. The van der Waals surface area contributed by atoms with Crippen LogP contribution in [-0.4, -0.2) is 47.9 Å². The van der Waals surface area contributed by atoms with E-state index in [1.807, 2.05) is 12.1 Å². The predicted octanol–water partition coefficient (Wildman–Crippen LogP) is 8.90. The van der Waals surface area contributed by atoms with Gasteiger partial charge in [-0.05, 0) is 6.92 Å². The zero-order valence-corrected chi connectivity index (χ0v) is 35.9. The summed E-state index contributed by atoms with van der Waals surface area (Å²) in [6.07, 6.45) is 9.10. The van der Waals surface area contributed by atoms with Gasteiger partial charge in [0.2, 0.25) is 0 Å². The van der Waals surface area contributed by atoms with E-state index in [9.17, 15) is 10.2 Å². The van der Waals surface area contributed by atoms with E-state index in [0.29, 0.717) is 39.0 Å². The Bertz CT molecular complexity index is 1920. The number of carboxylic acid groups (broad SMARTS) is 1. The molecule has 55 heavy (non-hydrogen) atoms. The van der Waals surface area contributed by atoms with Gasteiger partial charge in [-0.25, -0.2) is 0 Å². The number of rotatable bonds is 6. The van der Waals surface area contributed by atoms with Crippen LogP contribution in [0.1, 0.15) is 146 Å². The second-order valence-electron chi connectivity index (χ2n) is 18.3. The van der Waals surface area contributed by atoms with Crippen LogP contribution in [0.15, 0.2) is 84.9 Å². The molecule has 293 valence electrons. The molecule has 1 saturated heterocycles. The van der Waals surface area contributed by atoms with Crippen LogP contribution < -0.4 is 5.11 Å². The quantitative estimate of drug-likeness (QED) is 0.191. The molecular weight excluding hydrogens is 723 g/mol. The second kappa shape index (κ2) is 16.1.